The van der Waals surface area contributed by atoms with E-state index in [0.29, 0.717) is 44.8 Å². The molecular formula is C20H20O7S. The molecule has 0 amide bonds. The molecule has 8 heteroatoms. The van der Waals surface area contributed by atoms with Gasteiger partial charge in [0.2, 0.25) is 4.90 Å². The van der Waals surface area contributed by atoms with Crippen LogP contribution in [-0.2, 0) is 11.2 Å². The molecule has 0 aliphatic carbocycles. The number of carbonyl (C=O) groups excluding carboxylic acids is 1. The lowest BCUT2D eigenvalue weighted by atomic mass is 10.1. The molecule has 0 spiro atoms. The highest BCUT2D eigenvalue weighted by Gasteiger charge is 2.29. The smallest absolute Gasteiger partial charge is 0.250 e. The van der Waals surface area contributed by atoms with E-state index >= 15 is 0 Å². The van der Waals surface area contributed by atoms with Gasteiger partial charge in [0.05, 0.1) is 39.6 Å². The van der Waals surface area contributed by atoms with E-state index in [4.69, 9.17) is 23.7 Å². The Morgan fingerprint density at radius 2 is 1.64 bits per heavy atom. The maximum absolute atomic E-state index is 12.8. The second kappa shape index (κ2) is 8.45. The molecule has 2 aromatic rings. The van der Waals surface area contributed by atoms with Crippen molar-refractivity contribution in [1.29, 1.82) is 0 Å². The second-order valence-corrected chi connectivity index (χ2v) is 7.12. The average molecular weight is 404 g/mol. The third kappa shape index (κ3) is 3.74. The van der Waals surface area contributed by atoms with Gasteiger partial charge in [-0.05, 0) is 12.2 Å². The molecule has 2 aromatic carbocycles. The minimum atomic E-state index is -1.25. The molecule has 0 aromatic heterocycles. The fourth-order valence-electron chi connectivity index (χ4n) is 2.82. The number of methoxy groups -OCH3 is 4. The van der Waals surface area contributed by atoms with Crippen molar-refractivity contribution in [2.75, 3.05) is 34.4 Å². The van der Waals surface area contributed by atoms with Crippen molar-refractivity contribution < 1.29 is 33.0 Å². The van der Waals surface area contributed by atoms with Crippen molar-refractivity contribution >= 4 is 23.0 Å². The van der Waals surface area contributed by atoms with Crippen LogP contribution < -0.4 is 23.7 Å². The number of hydrogen-bond donors (Lipinski definition) is 0. The van der Waals surface area contributed by atoms with Gasteiger partial charge >= 0.3 is 0 Å². The monoisotopic (exact) mass is 404 g/mol. The SMILES string of the molecule is COc1cc(OC)c(/C=C/C(=O)c2cc3c(cc2OC)[S+]([O-])CO3)c(OC)c1. The zero-order valence-corrected chi connectivity index (χ0v) is 16.8. The third-order valence-electron chi connectivity index (χ3n) is 4.25. The van der Waals surface area contributed by atoms with E-state index in [1.807, 2.05) is 0 Å². The maximum Gasteiger partial charge on any atom is 0.250 e. The van der Waals surface area contributed by atoms with Crippen LogP contribution in [0.25, 0.3) is 6.08 Å². The fourth-order valence-corrected chi connectivity index (χ4v) is 3.76. The first-order valence-electron chi connectivity index (χ1n) is 8.28. The van der Waals surface area contributed by atoms with Crippen LogP contribution >= 0.6 is 0 Å². The Bertz CT molecular complexity index is 898. The predicted octanol–water partition coefficient (Wildman–Crippen LogP) is 3.07. The molecule has 0 saturated carbocycles. The number of ether oxygens (including phenoxy) is 5. The molecule has 28 heavy (non-hydrogen) atoms. The summed E-state index contributed by atoms with van der Waals surface area (Å²) in [6.45, 7) is 0. The molecule has 1 atom stereocenters. The van der Waals surface area contributed by atoms with Crippen molar-refractivity contribution in [2.24, 2.45) is 0 Å². The van der Waals surface area contributed by atoms with Crippen molar-refractivity contribution in [1.82, 2.24) is 0 Å². The van der Waals surface area contributed by atoms with Crippen LogP contribution in [0.4, 0.5) is 0 Å². The van der Waals surface area contributed by atoms with Crippen molar-refractivity contribution in [3.05, 3.63) is 41.5 Å². The number of carbonyl (C=O) groups is 1. The predicted molar refractivity (Wildman–Crippen MR) is 104 cm³/mol. The first-order chi connectivity index (χ1) is 13.5. The Balaban J connectivity index is 1.97. The van der Waals surface area contributed by atoms with Gasteiger partial charge in [-0.15, -0.1) is 0 Å². The third-order valence-corrected chi connectivity index (χ3v) is 5.39. The number of ketones is 1. The van der Waals surface area contributed by atoms with Gasteiger partial charge in [0, 0.05) is 35.4 Å². The van der Waals surface area contributed by atoms with E-state index in [2.05, 4.69) is 0 Å². The summed E-state index contributed by atoms with van der Waals surface area (Å²) in [5.41, 5.74) is 0.902. The van der Waals surface area contributed by atoms with Crippen LogP contribution in [0.2, 0.25) is 0 Å². The minimum absolute atomic E-state index is 0.0756. The summed E-state index contributed by atoms with van der Waals surface area (Å²) >= 11 is -1.25. The summed E-state index contributed by atoms with van der Waals surface area (Å²) in [4.78, 5) is 13.3. The molecule has 0 radical (unpaired) electrons. The van der Waals surface area contributed by atoms with Crippen LogP contribution in [0.1, 0.15) is 15.9 Å². The fraction of sp³-hybridized carbons (Fsp3) is 0.250. The lowest BCUT2D eigenvalue weighted by molar-refractivity contribution is 0.104. The van der Waals surface area contributed by atoms with Crippen molar-refractivity contribution in [3.8, 4) is 28.7 Å². The Hall–Kier alpha value is -2.84. The quantitative estimate of drug-likeness (QED) is 0.398. The van der Waals surface area contributed by atoms with Gasteiger partial charge in [0.15, 0.2) is 11.5 Å². The van der Waals surface area contributed by atoms with Crippen LogP contribution in [-0.4, -0.2) is 44.7 Å². The second-order valence-electron chi connectivity index (χ2n) is 5.75. The number of rotatable bonds is 7. The van der Waals surface area contributed by atoms with Crippen LogP contribution in [0.3, 0.4) is 0 Å². The van der Waals surface area contributed by atoms with Gasteiger partial charge in [-0.3, -0.25) is 4.79 Å². The lowest BCUT2D eigenvalue weighted by Gasteiger charge is -2.12. The first kappa shape index (κ1) is 19.9. The number of benzene rings is 2. The molecule has 7 nitrogen and oxygen atoms in total. The van der Waals surface area contributed by atoms with E-state index in [1.54, 1.807) is 37.5 Å². The molecule has 1 aliphatic heterocycles. The Morgan fingerprint density at radius 1 is 1.00 bits per heavy atom. The molecule has 0 N–H and O–H groups in total. The van der Waals surface area contributed by atoms with Crippen molar-refractivity contribution in [2.45, 2.75) is 4.90 Å². The zero-order chi connectivity index (χ0) is 20.3. The van der Waals surface area contributed by atoms with Crippen molar-refractivity contribution in [3.63, 3.8) is 0 Å². The van der Waals surface area contributed by atoms with Crippen LogP contribution in [0.5, 0.6) is 28.7 Å². The topological polar surface area (TPSA) is 86.3 Å². The summed E-state index contributed by atoms with van der Waals surface area (Å²) in [6.07, 6.45) is 2.99. The maximum atomic E-state index is 12.8. The minimum Gasteiger partial charge on any atom is -0.609 e. The molecule has 1 unspecified atom stereocenters. The Kier molecular flexibility index (Phi) is 6.01. The number of hydrogen-bond acceptors (Lipinski definition) is 7. The van der Waals surface area contributed by atoms with Gasteiger partial charge < -0.3 is 28.2 Å². The van der Waals surface area contributed by atoms with Gasteiger partial charge in [0.25, 0.3) is 5.94 Å². The largest absolute Gasteiger partial charge is 0.609 e. The number of allylic oxidation sites excluding steroid dienone is 1. The first-order valence-corrected chi connectivity index (χ1v) is 9.59. The van der Waals surface area contributed by atoms with Gasteiger partial charge in [-0.1, -0.05) is 0 Å². The molecule has 3 rings (SSSR count). The zero-order valence-electron chi connectivity index (χ0n) is 15.9. The molecule has 1 aliphatic rings. The van der Waals surface area contributed by atoms with Gasteiger partial charge in [-0.2, -0.15) is 0 Å². The van der Waals surface area contributed by atoms with Crippen LogP contribution in [0, 0.1) is 0 Å². The van der Waals surface area contributed by atoms with E-state index in [9.17, 15) is 9.35 Å². The molecule has 0 fully saturated rings. The summed E-state index contributed by atoms with van der Waals surface area (Å²) in [5, 5.41) is 0. The normalized spacial score (nSPS) is 15.1. The lowest BCUT2D eigenvalue weighted by Crippen LogP contribution is -2.02. The molecule has 148 valence electrons. The molecule has 1 heterocycles. The highest BCUT2D eigenvalue weighted by atomic mass is 32.2. The number of fused-ring (bicyclic) bond motifs is 1. The summed E-state index contributed by atoms with van der Waals surface area (Å²) in [6, 6.07) is 6.53. The highest BCUT2D eigenvalue weighted by Crippen LogP contribution is 2.38. The van der Waals surface area contributed by atoms with E-state index in [1.165, 1.54) is 27.4 Å². The van der Waals surface area contributed by atoms with E-state index in [0.717, 1.165) is 0 Å². The van der Waals surface area contributed by atoms with E-state index in [-0.39, 0.29) is 11.7 Å². The Labute approximate surface area is 166 Å². The Morgan fingerprint density at radius 3 is 2.21 bits per heavy atom. The van der Waals surface area contributed by atoms with Crippen LogP contribution in [0.15, 0.2) is 35.2 Å². The van der Waals surface area contributed by atoms with E-state index < -0.39 is 11.2 Å². The highest BCUT2D eigenvalue weighted by molar-refractivity contribution is 7.91. The molecule has 0 saturated heterocycles. The van der Waals surface area contributed by atoms with Gasteiger partial charge in [-0.25, -0.2) is 0 Å². The summed E-state index contributed by atoms with van der Waals surface area (Å²) < 4.78 is 38.6. The summed E-state index contributed by atoms with van der Waals surface area (Å²) in [7, 11) is 6.04. The standard InChI is InChI=1S/C20H20O7S/c1-23-12-7-16(24-2)13(17(8-12)25-3)5-6-15(21)14-9-19-20(10-18(14)26-4)28(22)11-27-19/h5-10H,11H2,1-4H3/b6-5+. The average Bonchev–Trinajstić information content (AvgIpc) is 3.09. The molecule has 0 bridgehead atoms. The van der Waals surface area contributed by atoms with Gasteiger partial charge in [0.1, 0.15) is 23.0 Å². The molecular weight excluding hydrogens is 384 g/mol. The summed E-state index contributed by atoms with van der Waals surface area (Å²) in [5.74, 6) is 2.10.